The van der Waals surface area contributed by atoms with Crippen LogP contribution in [0.15, 0.2) is 54.9 Å². The van der Waals surface area contributed by atoms with E-state index in [1.165, 1.54) is 0 Å². The molecule has 80 valence electrons. The Hall–Kier alpha value is -2.16. The van der Waals surface area contributed by atoms with Gasteiger partial charge in [0.2, 0.25) is 0 Å². The van der Waals surface area contributed by atoms with E-state index in [-0.39, 0.29) is 5.97 Å². The summed E-state index contributed by atoms with van der Waals surface area (Å²) in [6.45, 7) is 0.294. The second-order valence-corrected chi connectivity index (χ2v) is 3.30. The molecule has 3 heteroatoms. The highest BCUT2D eigenvalue weighted by atomic mass is 16.5. The molecule has 0 saturated carbocycles. The van der Waals surface area contributed by atoms with Crippen LogP contribution in [0.2, 0.25) is 0 Å². The highest BCUT2D eigenvalue weighted by Gasteiger charge is 2.05. The fourth-order valence-electron chi connectivity index (χ4n) is 1.29. The minimum absolute atomic E-state index is 0.294. The number of rotatable bonds is 3. The SMILES string of the molecule is O=C(OCc1ccccc1)c1ccncc1. The van der Waals surface area contributed by atoms with Gasteiger partial charge in [0, 0.05) is 12.4 Å². The minimum Gasteiger partial charge on any atom is -0.457 e. The third kappa shape index (κ3) is 2.67. The van der Waals surface area contributed by atoms with Gasteiger partial charge in [0.15, 0.2) is 0 Å². The van der Waals surface area contributed by atoms with Gasteiger partial charge in [0.1, 0.15) is 6.61 Å². The molecular formula is C13H11NO2. The van der Waals surface area contributed by atoms with Crippen LogP contribution < -0.4 is 0 Å². The number of ether oxygens (including phenoxy) is 1. The summed E-state index contributed by atoms with van der Waals surface area (Å²) in [6, 6.07) is 12.8. The molecular weight excluding hydrogens is 202 g/mol. The summed E-state index contributed by atoms with van der Waals surface area (Å²) in [7, 11) is 0. The van der Waals surface area contributed by atoms with E-state index < -0.39 is 0 Å². The van der Waals surface area contributed by atoms with Crippen LogP contribution in [0.5, 0.6) is 0 Å². The molecule has 0 aliphatic carbocycles. The van der Waals surface area contributed by atoms with Gasteiger partial charge < -0.3 is 4.74 Å². The third-order valence-electron chi connectivity index (χ3n) is 2.13. The topological polar surface area (TPSA) is 39.2 Å². The van der Waals surface area contributed by atoms with E-state index in [0.717, 1.165) is 5.56 Å². The number of hydrogen-bond donors (Lipinski definition) is 0. The molecule has 0 atom stereocenters. The lowest BCUT2D eigenvalue weighted by atomic mass is 10.2. The molecule has 0 bridgehead atoms. The quantitative estimate of drug-likeness (QED) is 0.735. The fraction of sp³-hybridized carbons (Fsp3) is 0.0769. The number of carbonyl (C=O) groups is 1. The Labute approximate surface area is 93.7 Å². The van der Waals surface area contributed by atoms with E-state index in [2.05, 4.69) is 4.98 Å². The number of carbonyl (C=O) groups excluding carboxylic acids is 1. The van der Waals surface area contributed by atoms with Crippen molar-refractivity contribution >= 4 is 5.97 Å². The van der Waals surface area contributed by atoms with Crippen LogP contribution in [0.3, 0.4) is 0 Å². The largest absolute Gasteiger partial charge is 0.457 e. The molecule has 0 unspecified atom stereocenters. The molecule has 0 amide bonds. The number of benzene rings is 1. The lowest BCUT2D eigenvalue weighted by Gasteiger charge is -2.04. The summed E-state index contributed by atoms with van der Waals surface area (Å²) in [5.74, 6) is -0.328. The molecule has 0 aliphatic rings. The predicted octanol–water partition coefficient (Wildman–Crippen LogP) is 2.44. The van der Waals surface area contributed by atoms with Crippen molar-refractivity contribution in [2.45, 2.75) is 6.61 Å². The first-order chi connectivity index (χ1) is 7.86. The number of pyridine rings is 1. The first-order valence-corrected chi connectivity index (χ1v) is 4.97. The highest BCUT2D eigenvalue weighted by molar-refractivity contribution is 5.89. The van der Waals surface area contributed by atoms with E-state index >= 15 is 0 Å². The summed E-state index contributed by atoms with van der Waals surface area (Å²) in [5, 5.41) is 0. The Morgan fingerprint density at radius 2 is 1.75 bits per heavy atom. The lowest BCUT2D eigenvalue weighted by Crippen LogP contribution is -2.04. The van der Waals surface area contributed by atoms with Gasteiger partial charge >= 0.3 is 5.97 Å². The second kappa shape index (κ2) is 5.07. The van der Waals surface area contributed by atoms with E-state index in [1.54, 1.807) is 24.5 Å². The molecule has 0 aliphatic heterocycles. The van der Waals surface area contributed by atoms with Crippen LogP contribution in [0.25, 0.3) is 0 Å². The van der Waals surface area contributed by atoms with Gasteiger partial charge in [-0.3, -0.25) is 4.98 Å². The summed E-state index contributed by atoms with van der Waals surface area (Å²) < 4.78 is 5.15. The van der Waals surface area contributed by atoms with E-state index in [0.29, 0.717) is 12.2 Å². The van der Waals surface area contributed by atoms with Crippen LogP contribution in [-0.2, 0) is 11.3 Å². The maximum Gasteiger partial charge on any atom is 0.338 e. The molecule has 1 aromatic heterocycles. The van der Waals surface area contributed by atoms with Gasteiger partial charge in [-0.1, -0.05) is 30.3 Å². The van der Waals surface area contributed by atoms with Crippen molar-refractivity contribution in [1.29, 1.82) is 0 Å². The normalized spacial score (nSPS) is 9.75. The zero-order valence-corrected chi connectivity index (χ0v) is 8.67. The van der Waals surface area contributed by atoms with Crippen molar-refractivity contribution in [2.24, 2.45) is 0 Å². The molecule has 1 heterocycles. The molecule has 2 rings (SSSR count). The van der Waals surface area contributed by atoms with Crippen LogP contribution >= 0.6 is 0 Å². The summed E-state index contributed by atoms with van der Waals surface area (Å²) >= 11 is 0. The summed E-state index contributed by atoms with van der Waals surface area (Å²) in [6.07, 6.45) is 3.14. The van der Waals surface area contributed by atoms with Crippen molar-refractivity contribution < 1.29 is 9.53 Å². The first-order valence-electron chi connectivity index (χ1n) is 4.97. The number of nitrogens with zero attached hydrogens (tertiary/aromatic N) is 1. The molecule has 0 N–H and O–H groups in total. The van der Waals surface area contributed by atoms with Crippen molar-refractivity contribution in [3.63, 3.8) is 0 Å². The van der Waals surface area contributed by atoms with Gasteiger partial charge in [-0.05, 0) is 17.7 Å². The van der Waals surface area contributed by atoms with Crippen LogP contribution in [0.4, 0.5) is 0 Å². The van der Waals surface area contributed by atoms with Crippen molar-refractivity contribution in [1.82, 2.24) is 4.98 Å². The molecule has 0 spiro atoms. The van der Waals surface area contributed by atoms with Gasteiger partial charge in [-0.2, -0.15) is 0 Å². The van der Waals surface area contributed by atoms with Gasteiger partial charge in [0.05, 0.1) is 5.56 Å². The van der Waals surface area contributed by atoms with Crippen molar-refractivity contribution in [3.05, 3.63) is 66.0 Å². The Balaban J connectivity index is 1.95. The Bertz CT molecular complexity index is 454. The molecule has 3 nitrogen and oxygen atoms in total. The van der Waals surface area contributed by atoms with Gasteiger partial charge in [0.25, 0.3) is 0 Å². The van der Waals surface area contributed by atoms with E-state index in [4.69, 9.17) is 4.74 Å². The maximum absolute atomic E-state index is 11.6. The molecule has 0 radical (unpaired) electrons. The zero-order valence-electron chi connectivity index (χ0n) is 8.67. The first kappa shape index (κ1) is 10.4. The van der Waals surface area contributed by atoms with Crippen LogP contribution in [0, 0.1) is 0 Å². The predicted molar refractivity (Wildman–Crippen MR) is 59.8 cm³/mol. The van der Waals surface area contributed by atoms with E-state index in [1.807, 2.05) is 30.3 Å². The minimum atomic E-state index is -0.328. The summed E-state index contributed by atoms with van der Waals surface area (Å²) in [4.78, 5) is 15.4. The fourth-order valence-corrected chi connectivity index (χ4v) is 1.29. The van der Waals surface area contributed by atoms with Crippen LogP contribution in [-0.4, -0.2) is 11.0 Å². The Morgan fingerprint density at radius 3 is 2.44 bits per heavy atom. The lowest BCUT2D eigenvalue weighted by molar-refractivity contribution is 0.0472. The van der Waals surface area contributed by atoms with E-state index in [9.17, 15) is 4.79 Å². The molecule has 16 heavy (non-hydrogen) atoms. The van der Waals surface area contributed by atoms with Gasteiger partial charge in [-0.15, -0.1) is 0 Å². The Kier molecular flexibility index (Phi) is 3.28. The smallest absolute Gasteiger partial charge is 0.338 e. The molecule has 0 fully saturated rings. The average molecular weight is 213 g/mol. The molecule has 1 aromatic carbocycles. The average Bonchev–Trinajstić information content (AvgIpc) is 2.38. The number of esters is 1. The van der Waals surface area contributed by atoms with Gasteiger partial charge in [-0.25, -0.2) is 4.79 Å². The zero-order chi connectivity index (χ0) is 11.2. The Morgan fingerprint density at radius 1 is 1.06 bits per heavy atom. The summed E-state index contributed by atoms with van der Waals surface area (Å²) in [5.41, 5.74) is 1.50. The molecule has 0 saturated heterocycles. The van der Waals surface area contributed by atoms with Crippen LogP contribution in [0.1, 0.15) is 15.9 Å². The monoisotopic (exact) mass is 213 g/mol. The maximum atomic E-state index is 11.6. The molecule has 2 aromatic rings. The standard InChI is InChI=1S/C13H11NO2/c15-13(12-6-8-14-9-7-12)16-10-11-4-2-1-3-5-11/h1-9H,10H2. The third-order valence-corrected chi connectivity index (χ3v) is 2.13. The number of aromatic nitrogens is 1. The highest BCUT2D eigenvalue weighted by Crippen LogP contribution is 2.04. The van der Waals surface area contributed by atoms with Crippen molar-refractivity contribution in [2.75, 3.05) is 0 Å². The number of hydrogen-bond acceptors (Lipinski definition) is 3. The van der Waals surface area contributed by atoms with Crippen molar-refractivity contribution in [3.8, 4) is 0 Å². The second-order valence-electron chi connectivity index (χ2n) is 3.30.